The zero-order chi connectivity index (χ0) is 19.2. The Bertz CT molecular complexity index is 935. The summed E-state index contributed by atoms with van der Waals surface area (Å²) in [5.41, 5.74) is 1.72. The molecule has 0 radical (unpaired) electrons. The number of hydrogen-bond donors (Lipinski definition) is 0. The molecular formula is C20H16BrNO4S. The van der Waals surface area contributed by atoms with E-state index < -0.39 is 5.97 Å². The number of carbonyl (C=O) groups is 2. The number of ketones is 1. The van der Waals surface area contributed by atoms with E-state index in [-0.39, 0.29) is 12.4 Å². The lowest BCUT2D eigenvalue weighted by Crippen LogP contribution is -2.14. The van der Waals surface area contributed by atoms with Crippen LogP contribution in [0.3, 0.4) is 0 Å². The number of thiazole rings is 1. The van der Waals surface area contributed by atoms with Crippen molar-refractivity contribution in [2.24, 2.45) is 0 Å². The molecule has 0 unspecified atom stereocenters. The molecule has 1 heterocycles. The fourth-order valence-electron chi connectivity index (χ4n) is 2.25. The highest BCUT2D eigenvalue weighted by Gasteiger charge is 2.12. The quantitative estimate of drug-likeness (QED) is 0.384. The standard InChI is InChI=1S/C20H16BrNO4S/c1-13-22-17(12-27-13)10-25-18-8-4-15(5-9-18)20(24)26-11-19(23)14-2-6-16(21)7-3-14/h2-9,12H,10-11H2,1H3. The zero-order valence-corrected chi connectivity index (χ0v) is 16.9. The Morgan fingerprint density at radius 3 is 2.33 bits per heavy atom. The van der Waals surface area contributed by atoms with Crippen molar-refractivity contribution in [3.05, 3.63) is 80.2 Å². The van der Waals surface area contributed by atoms with Gasteiger partial charge in [0.2, 0.25) is 0 Å². The third-order valence-electron chi connectivity index (χ3n) is 3.64. The molecule has 0 amide bonds. The van der Waals surface area contributed by atoms with E-state index in [0.29, 0.717) is 23.5 Å². The minimum absolute atomic E-state index is 0.255. The van der Waals surface area contributed by atoms with Gasteiger partial charge in [-0.2, -0.15) is 0 Å². The van der Waals surface area contributed by atoms with Gasteiger partial charge >= 0.3 is 5.97 Å². The van der Waals surface area contributed by atoms with E-state index in [1.807, 2.05) is 12.3 Å². The van der Waals surface area contributed by atoms with Crippen molar-refractivity contribution in [1.29, 1.82) is 0 Å². The van der Waals surface area contributed by atoms with Crippen molar-refractivity contribution < 1.29 is 19.1 Å². The van der Waals surface area contributed by atoms with E-state index in [2.05, 4.69) is 20.9 Å². The third kappa shape index (κ3) is 5.48. The molecule has 5 nitrogen and oxygen atoms in total. The molecule has 0 fully saturated rings. The van der Waals surface area contributed by atoms with Gasteiger partial charge in [-0.25, -0.2) is 9.78 Å². The number of nitrogens with zero attached hydrogens (tertiary/aromatic N) is 1. The highest BCUT2D eigenvalue weighted by molar-refractivity contribution is 9.10. The maximum absolute atomic E-state index is 12.1. The molecule has 7 heteroatoms. The molecule has 2 aromatic carbocycles. The molecule has 0 N–H and O–H groups in total. The van der Waals surface area contributed by atoms with Crippen LogP contribution >= 0.6 is 27.3 Å². The first-order valence-electron chi connectivity index (χ1n) is 8.11. The summed E-state index contributed by atoms with van der Waals surface area (Å²) in [6.45, 7) is 2.01. The molecule has 0 spiro atoms. The lowest BCUT2D eigenvalue weighted by atomic mass is 10.1. The average Bonchev–Trinajstić information content (AvgIpc) is 3.10. The fraction of sp³-hybridized carbons (Fsp3) is 0.150. The van der Waals surface area contributed by atoms with Crippen LogP contribution in [-0.2, 0) is 11.3 Å². The van der Waals surface area contributed by atoms with Crippen molar-refractivity contribution in [2.45, 2.75) is 13.5 Å². The first kappa shape index (κ1) is 19.3. The summed E-state index contributed by atoms with van der Waals surface area (Å²) >= 11 is 4.88. The van der Waals surface area contributed by atoms with E-state index in [4.69, 9.17) is 9.47 Å². The molecule has 138 valence electrons. The van der Waals surface area contributed by atoms with Gasteiger partial charge in [0, 0.05) is 15.4 Å². The normalized spacial score (nSPS) is 10.4. The summed E-state index contributed by atoms with van der Waals surface area (Å²) < 4.78 is 11.6. The highest BCUT2D eigenvalue weighted by atomic mass is 79.9. The number of hydrogen-bond acceptors (Lipinski definition) is 6. The number of rotatable bonds is 7. The smallest absolute Gasteiger partial charge is 0.338 e. The van der Waals surface area contributed by atoms with E-state index in [0.717, 1.165) is 15.2 Å². The third-order valence-corrected chi connectivity index (χ3v) is 4.99. The van der Waals surface area contributed by atoms with Gasteiger partial charge in [0.25, 0.3) is 0 Å². The maximum atomic E-state index is 12.1. The number of ether oxygens (including phenoxy) is 2. The number of aryl methyl sites for hydroxylation is 1. The highest BCUT2D eigenvalue weighted by Crippen LogP contribution is 2.16. The predicted molar refractivity (Wildman–Crippen MR) is 106 cm³/mol. The van der Waals surface area contributed by atoms with Gasteiger partial charge in [-0.3, -0.25) is 4.79 Å². The van der Waals surface area contributed by atoms with Crippen molar-refractivity contribution in [1.82, 2.24) is 4.98 Å². The predicted octanol–water partition coefficient (Wildman–Crippen LogP) is 4.83. The van der Waals surface area contributed by atoms with Gasteiger partial charge in [0.1, 0.15) is 12.4 Å². The van der Waals surface area contributed by atoms with E-state index in [1.165, 1.54) is 0 Å². The summed E-state index contributed by atoms with van der Waals surface area (Å²) in [5, 5.41) is 2.94. The largest absolute Gasteiger partial charge is 0.487 e. The molecule has 1 aromatic heterocycles. The van der Waals surface area contributed by atoms with Crippen LogP contribution in [0, 0.1) is 6.92 Å². The number of benzene rings is 2. The number of aromatic nitrogens is 1. The SMILES string of the molecule is Cc1nc(COc2ccc(C(=O)OCC(=O)c3ccc(Br)cc3)cc2)cs1. The van der Waals surface area contributed by atoms with Crippen LogP contribution in [0.15, 0.2) is 58.4 Å². The van der Waals surface area contributed by atoms with Crippen LogP contribution in [0.25, 0.3) is 0 Å². The van der Waals surface area contributed by atoms with Crippen LogP contribution in [-0.4, -0.2) is 23.3 Å². The second-order valence-electron chi connectivity index (χ2n) is 5.68. The van der Waals surface area contributed by atoms with Crippen LogP contribution in [0.2, 0.25) is 0 Å². The Kier molecular flexibility index (Phi) is 6.36. The molecule has 0 aliphatic rings. The van der Waals surface area contributed by atoms with Crippen molar-refractivity contribution in [3.8, 4) is 5.75 Å². The van der Waals surface area contributed by atoms with Gasteiger partial charge in [-0.15, -0.1) is 11.3 Å². The van der Waals surface area contributed by atoms with Gasteiger partial charge in [0.05, 0.1) is 16.3 Å². The van der Waals surface area contributed by atoms with E-state index in [9.17, 15) is 9.59 Å². The van der Waals surface area contributed by atoms with Crippen LogP contribution in [0.5, 0.6) is 5.75 Å². The topological polar surface area (TPSA) is 65.5 Å². The summed E-state index contributed by atoms with van der Waals surface area (Å²) in [6.07, 6.45) is 0. The average molecular weight is 446 g/mol. The van der Waals surface area contributed by atoms with Crippen molar-refractivity contribution >= 4 is 39.0 Å². The van der Waals surface area contributed by atoms with Gasteiger partial charge < -0.3 is 9.47 Å². The fourth-order valence-corrected chi connectivity index (χ4v) is 3.11. The second kappa shape index (κ2) is 8.92. The molecule has 0 atom stereocenters. The molecule has 3 rings (SSSR count). The second-order valence-corrected chi connectivity index (χ2v) is 7.66. The molecule has 0 aliphatic heterocycles. The zero-order valence-electron chi connectivity index (χ0n) is 14.5. The van der Waals surface area contributed by atoms with Crippen molar-refractivity contribution in [2.75, 3.05) is 6.61 Å². The van der Waals surface area contributed by atoms with Gasteiger partial charge in [-0.1, -0.05) is 28.1 Å². The van der Waals surface area contributed by atoms with E-state index >= 15 is 0 Å². The lowest BCUT2D eigenvalue weighted by molar-refractivity contribution is 0.0474. The number of halogens is 1. The number of esters is 1. The molecular weight excluding hydrogens is 430 g/mol. The molecule has 0 aliphatic carbocycles. The molecule has 0 bridgehead atoms. The Morgan fingerprint density at radius 1 is 1.04 bits per heavy atom. The minimum atomic E-state index is -0.554. The Balaban J connectivity index is 1.51. The van der Waals surface area contributed by atoms with E-state index in [1.54, 1.807) is 59.9 Å². The summed E-state index contributed by atoms with van der Waals surface area (Å²) in [4.78, 5) is 28.5. The first-order chi connectivity index (χ1) is 13.0. The van der Waals surface area contributed by atoms with Crippen LogP contribution < -0.4 is 4.74 Å². The van der Waals surface area contributed by atoms with Crippen LogP contribution in [0.4, 0.5) is 0 Å². The summed E-state index contributed by atoms with van der Waals surface area (Å²) in [7, 11) is 0. The summed E-state index contributed by atoms with van der Waals surface area (Å²) in [6, 6.07) is 13.5. The lowest BCUT2D eigenvalue weighted by Gasteiger charge is -2.07. The Morgan fingerprint density at radius 2 is 1.70 bits per heavy atom. The Labute approximate surface area is 169 Å². The van der Waals surface area contributed by atoms with Crippen molar-refractivity contribution in [3.63, 3.8) is 0 Å². The number of carbonyl (C=O) groups excluding carboxylic acids is 2. The Hall–Kier alpha value is -2.51. The molecule has 0 saturated heterocycles. The van der Waals surface area contributed by atoms with Gasteiger partial charge in [0.15, 0.2) is 12.4 Å². The maximum Gasteiger partial charge on any atom is 0.338 e. The monoisotopic (exact) mass is 445 g/mol. The molecule has 0 saturated carbocycles. The van der Waals surface area contributed by atoms with Gasteiger partial charge in [-0.05, 0) is 43.3 Å². The van der Waals surface area contributed by atoms with Crippen LogP contribution in [0.1, 0.15) is 31.4 Å². The number of Topliss-reactive ketones (excluding diaryl/α,β-unsaturated/α-hetero) is 1. The molecule has 3 aromatic rings. The molecule has 27 heavy (non-hydrogen) atoms. The minimum Gasteiger partial charge on any atom is -0.487 e. The first-order valence-corrected chi connectivity index (χ1v) is 9.78. The summed E-state index contributed by atoms with van der Waals surface area (Å²) in [5.74, 6) is -0.181.